The third kappa shape index (κ3) is 21.4. The zero-order valence-electron chi connectivity index (χ0n) is 68.7. The lowest BCUT2D eigenvalue weighted by atomic mass is 10.0. The largest absolute Gasteiger partial charge is 0.444 e. The summed E-state index contributed by atoms with van der Waals surface area (Å²) < 4.78 is 128. The number of sulfonamides is 2. The van der Waals surface area contributed by atoms with Crippen molar-refractivity contribution in [1.29, 1.82) is 0 Å². The van der Waals surface area contributed by atoms with E-state index in [1.165, 1.54) is 13.8 Å². The summed E-state index contributed by atoms with van der Waals surface area (Å²) in [5, 5.41) is 16.4. The number of nitrogens with two attached hydrogens (primary N) is 1. The van der Waals surface area contributed by atoms with Crippen molar-refractivity contribution >= 4 is 99.5 Å². The molecule has 3 saturated heterocycles. The van der Waals surface area contributed by atoms with Gasteiger partial charge in [-0.25, -0.2) is 84.5 Å². The lowest BCUT2D eigenvalue weighted by Gasteiger charge is -2.34. The highest BCUT2D eigenvalue weighted by Gasteiger charge is 2.32. The number of ether oxygens (including phenoxy) is 5. The fraction of sp³-hybridized carbons (Fsp3) is 0.322. The molecule has 3 atom stereocenters. The lowest BCUT2D eigenvalue weighted by Crippen LogP contribution is -2.47. The molecule has 0 unspecified atom stereocenters. The monoisotopic (exact) mass is 1690 g/mol. The average molecular weight is 1690 g/mol. The topological polar surface area (TPSA) is 369 Å². The Bertz CT molecular complexity index is 6080. The van der Waals surface area contributed by atoms with Crippen LogP contribution in [0.3, 0.4) is 0 Å². The molecular formula is C87H95F3N18O11S2. The van der Waals surface area contributed by atoms with Crippen molar-refractivity contribution in [3.8, 4) is 68.7 Å². The molecule has 3 aliphatic rings. The normalized spacial score (nSPS) is 15.7. The van der Waals surface area contributed by atoms with Crippen LogP contribution < -0.4 is 50.7 Å². The zero-order chi connectivity index (χ0) is 86.1. The Balaban J connectivity index is 0.000000157. The predicted octanol–water partition coefficient (Wildman–Crippen LogP) is 16.9. The summed E-state index contributed by atoms with van der Waals surface area (Å²) in [6, 6.07) is 37.0. The first kappa shape index (κ1) is 86.0. The molecule has 8 N–H and O–H groups in total. The van der Waals surface area contributed by atoms with Gasteiger partial charge in [-0.2, -0.15) is 0 Å². The Kier molecular flexibility index (Phi) is 26.2. The number of carbonyl (C=O) groups is 2. The van der Waals surface area contributed by atoms with Crippen LogP contribution in [0.4, 0.5) is 57.7 Å². The van der Waals surface area contributed by atoms with Crippen molar-refractivity contribution in [2.75, 3.05) is 82.9 Å². The van der Waals surface area contributed by atoms with Crippen LogP contribution in [0.25, 0.3) is 66.1 Å². The molecule has 0 saturated carbocycles. The van der Waals surface area contributed by atoms with Crippen LogP contribution in [0.5, 0.6) is 34.9 Å². The molecule has 34 heteroatoms. The van der Waals surface area contributed by atoms with Gasteiger partial charge in [0.2, 0.25) is 55.5 Å². The number of carbonyl (C=O) groups excluding carboxylic acids is 2. The molecule has 6 aromatic heterocycles. The van der Waals surface area contributed by atoms with E-state index in [4.69, 9.17) is 39.4 Å². The quantitative estimate of drug-likeness (QED) is 0.0370. The van der Waals surface area contributed by atoms with Gasteiger partial charge in [-0.05, 0) is 162 Å². The van der Waals surface area contributed by atoms with Gasteiger partial charge in [0.1, 0.15) is 28.5 Å². The maximum absolute atomic E-state index is 15.6. The van der Waals surface area contributed by atoms with E-state index in [2.05, 4.69) is 65.6 Å². The fourth-order valence-corrected chi connectivity index (χ4v) is 15.4. The van der Waals surface area contributed by atoms with Gasteiger partial charge in [0.25, 0.3) is 0 Å². The summed E-state index contributed by atoms with van der Waals surface area (Å²) in [5.74, 6) is 0.803. The number of nitrogens with one attached hydrogen (secondary N) is 6. The minimum atomic E-state index is -3.74. The van der Waals surface area contributed by atoms with Crippen LogP contribution in [0.2, 0.25) is 0 Å². The van der Waals surface area contributed by atoms with E-state index in [-0.39, 0.29) is 87.6 Å². The summed E-state index contributed by atoms with van der Waals surface area (Å²) in [4.78, 5) is 69.1. The molecule has 12 aromatic rings. The minimum Gasteiger partial charge on any atom is -0.444 e. The van der Waals surface area contributed by atoms with Crippen LogP contribution in [0, 0.1) is 38.2 Å². The minimum absolute atomic E-state index is 0.0343. The van der Waals surface area contributed by atoms with Crippen molar-refractivity contribution in [3.05, 3.63) is 199 Å². The number of hydrogen-bond donors (Lipinski definition) is 7. The molecule has 29 nitrogen and oxygen atoms in total. The van der Waals surface area contributed by atoms with E-state index in [1.807, 2.05) is 65.8 Å². The van der Waals surface area contributed by atoms with E-state index in [9.17, 15) is 30.8 Å². The number of likely N-dealkylation sites (tertiary alicyclic amines) is 2. The number of pyridine rings is 3. The summed E-state index contributed by atoms with van der Waals surface area (Å²) in [7, 11) is -7.45. The number of nitrogens with zero attached hydrogens (tertiary/aromatic N) is 11. The van der Waals surface area contributed by atoms with Crippen molar-refractivity contribution < 1.29 is 63.3 Å². The molecule has 6 aromatic carbocycles. The standard InChI is InChI=1S/C31H35FN6O5S.C30H33FN6O3.C26H27FN6O3S/c1-19-25(32)26(37-44(5,40)41)21-11-6-7-12-22(21)27(19)42-28-23(13-8-15-33-28)24-14-16-34-29(36-24)35-20-10-9-17-38(18-20)30(39)43-31(2,3)4;1-18-24(31)25(32)20-10-5-6-11-21(20)26(18)39-27-22(12-7-14-33-27)23-13-15-34-28(36-23)35-19-9-8-16-37(17-19)29(38)40-30(2,3)4;1-16-22(27)23(33-37(2,34)35)18-8-3-4-9-19(18)24(16)36-25-20(10-6-13-29-25)21-11-14-30-26(32-21)31-17-7-5-12-28-15-17/h6-8,11-16,20,37H,9-10,17-18H2,1-5H3,(H,34,35,36);5-7,10-15,19H,8-9,16-17,32H2,1-4H3,(H,34,35,36);3-4,6,8-11,13-14,17,28,33H,5,7,12,15H2,1-2H3,(H,30,31,32)/t20-;19-;17-/m000/s1. The molecule has 2 amide bonds. The summed E-state index contributed by atoms with van der Waals surface area (Å²) in [5.41, 5.74) is 8.76. The second-order valence-electron chi connectivity index (χ2n) is 31.5. The molecule has 0 aliphatic carbocycles. The van der Waals surface area contributed by atoms with Crippen LogP contribution in [0.1, 0.15) is 96.8 Å². The van der Waals surface area contributed by atoms with E-state index in [1.54, 1.807) is 157 Å². The van der Waals surface area contributed by atoms with Gasteiger partial charge in [-0.1, -0.05) is 72.8 Å². The smallest absolute Gasteiger partial charge is 0.410 e. The number of aromatic nitrogens is 9. The zero-order valence-corrected chi connectivity index (χ0v) is 70.4. The van der Waals surface area contributed by atoms with E-state index >= 15 is 8.78 Å². The van der Waals surface area contributed by atoms with Crippen molar-refractivity contribution in [2.45, 2.75) is 130 Å². The number of benzene rings is 6. The molecule has 15 rings (SSSR count). The van der Waals surface area contributed by atoms with Crippen molar-refractivity contribution in [3.63, 3.8) is 0 Å². The molecule has 0 bridgehead atoms. The van der Waals surface area contributed by atoms with Crippen LogP contribution in [0.15, 0.2) is 165 Å². The maximum atomic E-state index is 15.6. The highest BCUT2D eigenvalue weighted by molar-refractivity contribution is 7.92. The van der Waals surface area contributed by atoms with E-state index < -0.39 is 48.7 Å². The summed E-state index contributed by atoms with van der Waals surface area (Å²) >= 11 is 0. The van der Waals surface area contributed by atoms with Gasteiger partial charge >= 0.3 is 12.2 Å². The summed E-state index contributed by atoms with van der Waals surface area (Å²) in [6.07, 6.45) is 16.4. The third-order valence-corrected chi connectivity index (χ3v) is 20.9. The fourth-order valence-electron chi connectivity index (χ4n) is 14.2. The van der Waals surface area contributed by atoms with Gasteiger partial charge in [0.15, 0.2) is 17.5 Å². The molecule has 0 radical (unpaired) electrons. The van der Waals surface area contributed by atoms with Gasteiger partial charge in [-0.3, -0.25) is 9.44 Å². The number of amides is 2. The first-order valence-corrected chi connectivity index (χ1v) is 43.2. The van der Waals surface area contributed by atoms with E-state index in [0.717, 1.165) is 64.1 Å². The highest BCUT2D eigenvalue weighted by Crippen LogP contribution is 2.46. The van der Waals surface area contributed by atoms with Gasteiger partial charge < -0.3 is 60.5 Å². The Morgan fingerprint density at radius 2 is 0.785 bits per heavy atom. The molecule has 9 heterocycles. The maximum Gasteiger partial charge on any atom is 0.410 e. The average Bonchev–Trinajstić information content (AvgIpc) is 0.765. The van der Waals surface area contributed by atoms with Gasteiger partial charge in [-0.15, -0.1) is 0 Å². The van der Waals surface area contributed by atoms with Crippen molar-refractivity contribution in [1.82, 2.24) is 60.0 Å². The van der Waals surface area contributed by atoms with Gasteiger partial charge in [0, 0.05) is 137 Å². The van der Waals surface area contributed by atoms with Crippen LogP contribution in [-0.2, 0) is 29.5 Å². The van der Waals surface area contributed by atoms with Gasteiger partial charge in [0.05, 0.1) is 63.3 Å². The molecular weight excluding hydrogens is 1590 g/mol. The number of hydrogen-bond acceptors (Lipinski definition) is 25. The number of nitrogen functional groups attached to an aromatic ring is 1. The van der Waals surface area contributed by atoms with Crippen molar-refractivity contribution in [2.24, 2.45) is 0 Å². The first-order valence-electron chi connectivity index (χ1n) is 39.4. The molecule has 3 fully saturated rings. The number of piperidine rings is 3. The SMILES string of the molecule is Cc1c(F)c(N)c2ccccc2c1Oc1ncccc1-c1ccnc(N[C@H]2CCCN(C(=O)OC(C)(C)C)C2)n1.Cc1c(F)c(NS(C)(=O)=O)c2ccccc2c1Oc1ncccc1-c1ccnc(N[C@H]2CCCN(C(=O)OC(C)(C)C)C2)n1.Cc1c(F)c(NS(C)(=O)=O)c2ccccc2c1Oc1ncccc1-c1ccnc(N[C@H]2CCCNC2)n1. The predicted molar refractivity (Wildman–Crippen MR) is 462 cm³/mol. The molecule has 0 spiro atoms. The van der Waals surface area contributed by atoms with E-state index in [0.29, 0.717) is 121 Å². The number of rotatable bonds is 19. The summed E-state index contributed by atoms with van der Waals surface area (Å²) in [6.45, 7) is 19.8. The third-order valence-electron chi connectivity index (χ3n) is 19.8. The Morgan fingerprint density at radius 1 is 0.446 bits per heavy atom. The van der Waals surface area contributed by atoms with Crippen LogP contribution in [-0.4, -0.2) is 165 Å². The number of halogens is 3. The highest BCUT2D eigenvalue weighted by atomic mass is 32.2. The first-order chi connectivity index (χ1) is 57.7. The Hall–Kier alpha value is -12.8. The Labute approximate surface area is 699 Å². The lowest BCUT2D eigenvalue weighted by molar-refractivity contribution is 0.0196. The molecule has 3 aliphatic heterocycles. The van der Waals surface area contributed by atoms with Crippen LogP contribution >= 0.6 is 0 Å². The second kappa shape index (κ2) is 36.8. The number of fused-ring (bicyclic) bond motifs is 3. The Morgan fingerprint density at radius 3 is 1.14 bits per heavy atom. The molecule has 632 valence electrons. The second-order valence-corrected chi connectivity index (χ2v) is 35.0. The number of anilines is 6. The molecule has 121 heavy (non-hydrogen) atoms.